The number of hydrogen-bond donors (Lipinski definition) is 11. The predicted octanol–water partition coefficient (Wildman–Crippen LogP) is 10.8. The molecule has 0 aromatic rings. The molecule has 21 nitrogen and oxygen atoms in total. The number of hydrogen-bond acceptors (Lipinski definition) is 17. The summed E-state index contributed by atoms with van der Waals surface area (Å²) in [5.74, 6) is -5.95. The summed E-state index contributed by atoms with van der Waals surface area (Å²) in [6.45, 7) is 6.94. The molecule has 2 heterocycles. The molecule has 0 aliphatic carbocycles. The molecule has 530 valence electrons. The molecule has 2 aliphatic heterocycles. The van der Waals surface area contributed by atoms with Gasteiger partial charge in [0.25, 0.3) is 0 Å². The maximum absolute atomic E-state index is 13.9. The minimum Gasteiger partial charge on any atom is -0.457 e. The lowest BCUT2D eigenvalue weighted by Gasteiger charge is -2.46. The standard InChI is InChI=1S/C68H129N2O19P/c1-5-9-13-17-21-25-29-33-37-41-51(72)45-57(76)69-61-65(88-59(78)47-53(74)43-39-35-31-27-23-19-15-11-7-3)63(80)55(49-71)86-67(61)85-50-56-64(81)66(89-60(79)48-54(75)44-40-36-32-28-24-20-16-12-8-4)62(68(87-56)90(82,83)84)70-58(77)46-52(73)42-38-34-30-26-22-18-14-10-6-2/h51-56,61-68,71-75,80-81H,5-50H2,1-4H3,(H,69,76)(H,70,77)(H2,82,83,84). The Morgan fingerprint density at radius 2 is 0.711 bits per heavy atom. The lowest BCUT2D eigenvalue weighted by atomic mass is 9.95. The molecule has 2 fully saturated rings. The zero-order valence-electron chi connectivity index (χ0n) is 56.2. The zero-order chi connectivity index (χ0) is 66.4. The Morgan fingerprint density at radius 3 is 1.03 bits per heavy atom. The van der Waals surface area contributed by atoms with Crippen molar-refractivity contribution in [3.8, 4) is 0 Å². The molecule has 0 bridgehead atoms. The van der Waals surface area contributed by atoms with Gasteiger partial charge in [0.1, 0.15) is 36.5 Å². The van der Waals surface area contributed by atoms with E-state index in [1.807, 2.05) is 0 Å². The van der Waals surface area contributed by atoms with E-state index in [9.17, 15) is 69.3 Å². The van der Waals surface area contributed by atoms with E-state index in [2.05, 4.69) is 38.3 Å². The van der Waals surface area contributed by atoms with Crippen molar-refractivity contribution in [3.05, 3.63) is 0 Å². The number of amides is 2. The molecule has 2 aliphatic rings. The second kappa shape index (κ2) is 51.9. The highest BCUT2D eigenvalue weighted by Crippen LogP contribution is 2.48. The van der Waals surface area contributed by atoms with Crippen molar-refractivity contribution in [2.45, 2.75) is 395 Å². The molecule has 14 atom stereocenters. The van der Waals surface area contributed by atoms with Gasteiger partial charge >= 0.3 is 19.5 Å². The molecule has 22 heteroatoms. The van der Waals surface area contributed by atoms with E-state index in [0.717, 1.165) is 128 Å². The third-order valence-corrected chi connectivity index (χ3v) is 18.8. The number of carbonyl (C=O) groups is 4. The number of unbranched alkanes of at least 4 members (excludes halogenated alkanes) is 32. The van der Waals surface area contributed by atoms with Gasteiger partial charge in [0.15, 0.2) is 24.3 Å². The molecular formula is C68H129N2O19P. The molecule has 0 aromatic carbocycles. The van der Waals surface area contributed by atoms with Gasteiger partial charge in [-0.25, -0.2) is 0 Å². The zero-order valence-corrected chi connectivity index (χ0v) is 57.1. The summed E-state index contributed by atoms with van der Waals surface area (Å²) >= 11 is 0. The van der Waals surface area contributed by atoms with E-state index in [4.69, 9.17) is 23.7 Å². The fraction of sp³-hybridized carbons (Fsp3) is 0.941. The van der Waals surface area contributed by atoms with E-state index < -0.39 is 156 Å². The molecule has 0 spiro atoms. The van der Waals surface area contributed by atoms with Crippen molar-refractivity contribution in [3.63, 3.8) is 0 Å². The first-order chi connectivity index (χ1) is 43.3. The maximum atomic E-state index is 13.9. The van der Waals surface area contributed by atoms with Crippen LogP contribution in [0.5, 0.6) is 0 Å². The van der Waals surface area contributed by atoms with E-state index in [1.54, 1.807) is 0 Å². The molecule has 14 unspecified atom stereocenters. The Labute approximate surface area is 541 Å². The van der Waals surface area contributed by atoms with Crippen LogP contribution in [0.15, 0.2) is 0 Å². The van der Waals surface area contributed by atoms with Gasteiger partial charge in [0.2, 0.25) is 11.8 Å². The minimum absolute atomic E-state index is 0.247. The molecule has 90 heavy (non-hydrogen) atoms. The van der Waals surface area contributed by atoms with Crippen LogP contribution in [-0.2, 0) is 47.4 Å². The van der Waals surface area contributed by atoms with Crippen LogP contribution in [-0.4, -0.2) is 168 Å². The van der Waals surface area contributed by atoms with E-state index >= 15 is 0 Å². The quantitative estimate of drug-likeness (QED) is 0.0153. The van der Waals surface area contributed by atoms with E-state index in [-0.39, 0.29) is 12.8 Å². The number of rotatable bonds is 57. The highest BCUT2D eigenvalue weighted by Gasteiger charge is 2.55. The number of aliphatic hydroxyl groups excluding tert-OH is 7. The molecule has 0 saturated carbocycles. The molecular weight excluding hydrogens is 1180 g/mol. The summed E-state index contributed by atoms with van der Waals surface area (Å²) in [6, 6.07) is -3.52. The third kappa shape index (κ3) is 38.2. The summed E-state index contributed by atoms with van der Waals surface area (Å²) in [5, 5.41) is 83.2. The summed E-state index contributed by atoms with van der Waals surface area (Å²) in [6.07, 6.45) is 19.5. The number of carbonyl (C=O) groups excluding carboxylic acids is 4. The van der Waals surface area contributed by atoms with Gasteiger partial charge < -0.3 is 79.9 Å². The first-order valence-electron chi connectivity index (χ1n) is 35.9. The third-order valence-electron chi connectivity index (χ3n) is 17.7. The van der Waals surface area contributed by atoms with Crippen molar-refractivity contribution in [1.82, 2.24) is 10.6 Å². The average molecular weight is 1310 g/mol. The maximum Gasteiger partial charge on any atom is 0.356 e. The van der Waals surface area contributed by atoms with Crippen molar-refractivity contribution in [2.75, 3.05) is 13.2 Å². The van der Waals surface area contributed by atoms with Crippen LogP contribution in [0.25, 0.3) is 0 Å². The van der Waals surface area contributed by atoms with Crippen molar-refractivity contribution < 1.29 is 93.0 Å². The van der Waals surface area contributed by atoms with Crippen LogP contribution < -0.4 is 10.6 Å². The monoisotopic (exact) mass is 1310 g/mol. The van der Waals surface area contributed by atoms with Crippen LogP contribution in [0.1, 0.15) is 310 Å². The number of ether oxygens (including phenoxy) is 5. The highest BCUT2D eigenvalue weighted by atomic mass is 31.2. The summed E-state index contributed by atoms with van der Waals surface area (Å²) < 4.78 is 43.1. The molecule has 0 radical (unpaired) electrons. The van der Waals surface area contributed by atoms with Gasteiger partial charge in [-0.15, -0.1) is 0 Å². The first-order valence-corrected chi connectivity index (χ1v) is 37.6. The van der Waals surface area contributed by atoms with Crippen LogP contribution in [0.2, 0.25) is 0 Å². The topological polar surface area (TPSA) is 338 Å². The van der Waals surface area contributed by atoms with E-state index in [1.165, 1.54) is 77.0 Å². The number of nitrogens with one attached hydrogen (secondary N) is 2. The number of aliphatic hydroxyl groups is 7. The minimum atomic E-state index is -5.49. The van der Waals surface area contributed by atoms with Crippen molar-refractivity contribution in [2.24, 2.45) is 0 Å². The number of esters is 2. The molecule has 2 saturated heterocycles. The van der Waals surface area contributed by atoms with E-state index in [0.29, 0.717) is 38.5 Å². The second-order valence-corrected chi connectivity index (χ2v) is 27.9. The van der Waals surface area contributed by atoms with Crippen molar-refractivity contribution >= 4 is 31.3 Å². The molecule has 2 rings (SSSR count). The van der Waals surface area contributed by atoms with Gasteiger partial charge in [0.05, 0.1) is 63.3 Å². The Kier molecular flexibility index (Phi) is 48.3. The largest absolute Gasteiger partial charge is 0.457 e. The molecule has 0 aromatic heterocycles. The van der Waals surface area contributed by atoms with Crippen molar-refractivity contribution in [1.29, 1.82) is 0 Å². The Morgan fingerprint density at radius 1 is 0.422 bits per heavy atom. The Hall–Kier alpha value is -2.37. The average Bonchev–Trinajstić information content (AvgIpc) is 0.806. The van der Waals surface area contributed by atoms with Gasteiger partial charge in [-0.3, -0.25) is 23.7 Å². The van der Waals surface area contributed by atoms with Gasteiger partial charge in [-0.2, -0.15) is 0 Å². The van der Waals surface area contributed by atoms with Crippen LogP contribution in [0.3, 0.4) is 0 Å². The smallest absolute Gasteiger partial charge is 0.356 e. The summed E-state index contributed by atoms with van der Waals surface area (Å²) in [4.78, 5) is 76.8. The molecule has 11 N–H and O–H groups in total. The molecule has 2 amide bonds. The summed E-state index contributed by atoms with van der Waals surface area (Å²) in [7, 11) is -5.49. The van der Waals surface area contributed by atoms with Crippen LogP contribution >= 0.6 is 7.60 Å². The van der Waals surface area contributed by atoms with Gasteiger partial charge in [-0.1, -0.05) is 259 Å². The lowest BCUT2D eigenvalue weighted by molar-refractivity contribution is -0.286. The van der Waals surface area contributed by atoms with Crippen LogP contribution in [0, 0.1) is 0 Å². The van der Waals surface area contributed by atoms with Crippen LogP contribution in [0.4, 0.5) is 0 Å². The highest BCUT2D eigenvalue weighted by molar-refractivity contribution is 7.52. The Balaban J connectivity index is 2.40. The summed E-state index contributed by atoms with van der Waals surface area (Å²) in [5.41, 5.74) is 0. The SMILES string of the molecule is CCCCCCCCCCCC(O)CC(=O)NC1C(OCC2OC(P(=O)(O)O)C(NC(=O)CC(O)CCCCCCCCCCC)C(OC(=O)CC(O)CCCCCCCCCCC)C2O)OC(CO)C(O)C1OC(=O)CC(O)CCCCCCCCCCC. The predicted molar refractivity (Wildman–Crippen MR) is 348 cm³/mol. The fourth-order valence-corrected chi connectivity index (χ4v) is 13.2. The normalized spacial score (nSPS) is 23.4. The first kappa shape index (κ1) is 83.7. The fourth-order valence-electron chi connectivity index (χ4n) is 12.2. The van der Waals surface area contributed by atoms with Gasteiger partial charge in [0, 0.05) is 0 Å². The van der Waals surface area contributed by atoms with Gasteiger partial charge in [-0.05, 0) is 25.7 Å². The Bertz CT molecular complexity index is 1870. The second-order valence-electron chi connectivity index (χ2n) is 26.2. The lowest BCUT2D eigenvalue weighted by Crippen LogP contribution is -2.67.